The van der Waals surface area contributed by atoms with Crippen LogP contribution in [0.3, 0.4) is 0 Å². The molecule has 1 aliphatic heterocycles. The van der Waals surface area contributed by atoms with E-state index in [9.17, 15) is 5.11 Å². The predicted octanol–water partition coefficient (Wildman–Crippen LogP) is -0.924. The third kappa shape index (κ3) is 4.23. The number of aromatic nitrogens is 4. The number of hydrogen-bond acceptors (Lipinski definition) is 8. The molecule has 1 aliphatic rings. The Morgan fingerprint density at radius 1 is 1.24 bits per heavy atom. The van der Waals surface area contributed by atoms with Crippen LogP contribution in [0.1, 0.15) is 11.1 Å². The van der Waals surface area contributed by atoms with Crippen LogP contribution < -0.4 is 21.9 Å². The maximum absolute atomic E-state index is 10.4. The summed E-state index contributed by atoms with van der Waals surface area (Å²) >= 11 is 0. The van der Waals surface area contributed by atoms with Crippen molar-refractivity contribution in [2.24, 2.45) is 10.7 Å². The van der Waals surface area contributed by atoms with Crippen LogP contribution in [0, 0.1) is 0 Å². The van der Waals surface area contributed by atoms with Gasteiger partial charge in [-0.25, -0.2) is 9.98 Å². The molecule has 1 aromatic carbocycles. The van der Waals surface area contributed by atoms with E-state index in [1.165, 1.54) is 0 Å². The van der Waals surface area contributed by atoms with Crippen LogP contribution in [0.4, 0.5) is 0 Å². The summed E-state index contributed by atoms with van der Waals surface area (Å²) in [5.41, 5.74) is 8.66. The van der Waals surface area contributed by atoms with E-state index in [4.69, 9.17) is 15.2 Å². The smallest absolute Gasteiger partial charge is 0.296 e. The number of nitrogens with zero attached hydrogens (tertiary/aromatic N) is 5. The lowest BCUT2D eigenvalue weighted by Gasteiger charge is -2.18. The second-order valence-corrected chi connectivity index (χ2v) is 6.63. The van der Waals surface area contributed by atoms with Gasteiger partial charge < -0.3 is 30.2 Å². The number of fused-ring (bicyclic) bond motifs is 1. The number of nitrogens with one attached hydrogen (secondary N) is 1. The molecular formula is C19H23N7O3. The fourth-order valence-electron chi connectivity index (χ4n) is 3.16. The Kier molecular flexibility index (Phi) is 5.45. The molecule has 0 fully saturated rings. The summed E-state index contributed by atoms with van der Waals surface area (Å²) in [7, 11) is 1.60. The average Bonchev–Trinajstić information content (AvgIpc) is 3.32. The molecule has 0 saturated carbocycles. The molecule has 10 nitrogen and oxygen atoms in total. The van der Waals surface area contributed by atoms with Crippen molar-refractivity contribution in [1.82, 2.24) is 24.4 Å². The number of nitrogens with two attached hydrogens (primary N) is 1. The first-order chi connectivity index (χ1) is 14.1. The van der Waals surface area contributed by atoms with Gasteiger partial charge in [-0.15, -0.1) is 0 Å². The summed E-state index contributed by atoms with van der Waals surface area (Å²) in [4.78, 5) is 12.7. The first-order valence-electron chi connectivity index (χ1n) is 9.18. The largest absolute Gasteiger partial charge is 0.480 e. The molecule has 0 aliphatic carbocycles. The molecule has 0 radical (unpaired) electrons. The van der Waals surface area contributed by atoms with Crippen LogP contribution in [0.15, 0.2) is 48.0 Å². The van der Waals surface area contributed by atoms with Gasteiger partial charge in [-0.3, -0.25) is 4.57 Å². The summed E-state index contributed by atoms with van der Waals surface area (Å²) in [5, 5.41) is 13.7. The molecule has 0 amide bonds. The minimum absolute atomic E-state index is 0.152. The van der Waals surface area contributed by atoms with E-state index in [-0.39, 0.29) is 6.01 Å². The summed E-state index contributed by atoms with van der Waals surface area (Å²) in [5.74, 6) is 0.306. The first-order valence-corrected chi connectivity index (χ1v) is 9.18. The number of rotatable bonds is 8. The summed E-state index contributed by atoms with van der Waals surface area (Å²) in [6.45, 7) is 1.91. The van der Waals surface area contributed by atoms with Crippen molar-refractivity contribution in [2.75, 3.05) is 20.3 Å². The normalized spacial score (nSPS) is 15.6. The van der Waals surface area contributed by atoms with E-state index in [2.05, 4.69) is 26.3 Å². The van der Waals surface area contributed by atoms with Crippen molar-refractivity contribution in [2.45, 2.75) is 19.4 Å². The van der Waals surface area contributed by atoms with Crippen molar-refractivity contribution in [3.63, 3.8) is 0 Å². The lowest BCUT2D eigenvalue weighted by molar-refractivity contribution is 0.00923. The van der Waals surface area contributed by atoms with Crippen molar-refractivity contribution in [1.29, 1.82) is 0 Å². The van der Waals surface area contributed by atoms with Crippen LogP contribution in [0.2, 0.25) is 0 Å². The Balaban J connectivity index is 1.60. The fourth-order valence-corrected chi connectivity index (χ4v) is 3.16. The van der Waals surface area contributed by atoms with Gasteiger partial charge in [0, 0.05) is 26.0 Å². The summed E-state index contributed by atoms with van der Waals surface area (Å²) in [6, 6.07) is 7.95. The SMILES string of the molecule is COCCOC1N=c2c(nc(O)n2Cc2cccc(Cn3ccnc3)c2)=C(N)N1. The molecule has 3 heterocycles. The monoisotopic (exact) mass is 397 g/mol. The standard InChI is InChI=1S/C19H23N7O3/c1-28-7-8-29-18-23-16(20)15-17(24-18)26(19(27)22-15)11-14-4-2-3-13(9-14)10-25-6-5-21-12-25/h2-6,9,12,18,23H,7-8,10-11,20H2,1H3,(H,22,27). The van der Waals surface area contributed by atoms with Gasteiger partial charge in [-0.05, 0) is 11.1 Å². The van der Waals surface area contributed by atoms with E-state index in [1.807, 2.05) is 29.0 Å². The summed E-state index contributed by atoms with van der Waals surface area (Å²) in [6.07, 6.45) is 4.78. The van der Waals surface area contributed by atoms with Gasteiger partial charge in [0.2, 0.25) is 6.35 Å². The van der Waals surface area contributed by atoms with Gasteiger partial charge >= 0.3 is 0 Å². The third-order valence-corrected chi connectivity index (χ3v) is 4.51. The Hall–Kier alpha value is -3.37. The fraction of sp³-hybridized carbons (Fsp3) is 0.316. The molecular weight excluding hydrogens is 374 g/mol. The van der Waals surface area contributed by atoms with Crippen molar-refractivity contribution in [3.8, 4) is 6.01 Å². The highest BCUT2D eigenvalue weighted by atomic mass is 16.5. The molecule has 4 rings (SSSR count). The number of aromatic hydroxyl groups is 1. The lowest BCUT2D eigenvalue weighted by Crippen LogP contribution is -2.49. The van der Waals surface area contributed by atoms with E-state index in [0.717, 1.165) is 11.1 Å². The lowest BCUT2D eigenvalue weighted by atomic mass is 10.1. The second-order valence-electron chi connectivity index (χ2n) is 6.63. The summed E-state index contributed by atoms with van der Waals surface area (Å²) < 4.78 is 14.2. The number of benzene rings is 1. The molecule has 29 heavy (non-hydrogen) atoms. The molecule has 0 saturated heterocycles. The Morgan fingerprint density at radius 3 is 2.83 bits per heavy atom. The topological polar surface area (TPSA) is 125 Å². The quantitative estimate of drug-likeness (QED) is 0.420. The Bertz CT molecular complexity index is 1090. The van der Waals surface area contributed by atoms with Gasteiger partial charge in [0.15, 0.2) is 10.8 Å². The maximum atomic E-state index is 10.4. The van der Waals surface area contributed by atoms with Crippen LogP contribution in [-0.4, -0.2) is 50.9 Å². The van der Waals surface area contributed by atoms with Crippen LogP contribution in [-0.2, 0) is 22.6 Å². The van der Waals surface area contributed by atoms with Crippen molar-refractivity contribution < 1.29 is 14.6 Å². The molecule has 0 spiro atoms. The van der Waals surface area contributed by atoms with Gasteiger partial charge in [-0.1, -0.05) is 24.3 Å². The zero-order valence-corrected chi connectivity index (χ0v) is 16.0. The van der Waals surface area contributed by atoms with Crippen LogP contribution in [0.5, 0.6) is 6.01 Å². The number of imidazole rings is 2. The van der Waals surface area contributed by atoms with Crippen LogP contribution >= 0.6 is 0 Å². The highest BCUT2D eigenvalue weighted by Gasteiger charge is 2.19. The predicted molar refractivity (Wildman–Crippen MR) is 104 cm³/mol. The molecule has 1 unspecified atom stereocenters. The first kappa shape index (κ1) is 19.0. The van der Waals surface area contributed by atoms with Crippen molar-refractivity contribution >= 4 is 5.82 Å². The minimum Gasteiger partial charge on any atom is -0.480 e. The number of ether oxygens (including phenoxy) is 2. The molecule has 152 valence electrons. The van der Waals surface area contributed by atoms with Gasteiger partial charge in [0.1, 0.15) is 5.82 Å². The number of hydrogen-bond donors (Lipinski definition) is 3. The molecule has 1 atom stereocenters. The van der Waals surface area contributed by atoms with Crippen molar-refractivity contribution in [3.05, 3.63) is 65.0 Å². The van der Waals surface area contributed by atoms with Gasteiger partial charge in [-0.2, -0.15) is 4.98 Å². The number of methoxy groups -OCH3 is 1. The zero-order chi connectivity index (χ0) is 20.2. The molecule has 4 N–H and O–H groups in total. The van der Waals surface area contributed by atoms with Crippen LogP contribution in [0.25, 0.3) is 5.82 Å². The van der Waals surface area contributed by atoms with Gasteiger partial charge in [0.25, 0.3) is 6.01 Å². The highest BCUT2D eigenvalue weighted by molar-refractivity contribution is 5.37. The molecule has 2 aromatic heterocycles. The Morgan fingerprint density at radius 2 is 2.07 bits per heavy atom. The average molecular weight is 397 g/mol. The Labute approximate surface area is 166 Å². The van der Waals surface area contributed by atoms with E-state index in [0.29, 0.717) is 43.0 Å². The molecule has 0 bridgehead atoms. The second kappa shape index (κ2) is 8.33. The van der Waals surface area contributed by atoms with Gasteiger partial charge in [0.05, 0.1) is 26.1 Å². The minimum atomic E-state index is -0.667. The molecule has 10 heteroatoms. The molecule has 3 aromatic rings. The highest BCUT2D eigenvalue weighted by Crippen LogP contribution is 2.11. The third-order valence-electron chi connectivity index (χ3n) is 4.51. The zero-order valence-electron chi connectivity index (χ0n) is 16.0. The van der Waals surface area contributed by atoms with E-state index >= 15 is 0 Å². The van der Waals surface area contributed by atoms with E-state index in [1.54, 1.807) is 24.2 Å². The maximum Gasteiger partial charge on any atom is 0.296 e. The van der Waals surface area contributed by atoms with E-state index < -0.39 is 6.35 Å².